The molecule has 3 rings (SSSR count). The number of ether oxygens (including phenoxy) is 1. The predicted molar refractivity (Wildman–Crippen MR) is 77.3 cm³/mol. The van der Waals surface area contributed by atoms with Crippen molar-refractivity contribution in [3.8, 4) is 5.75 Å². The summed E-state index contributed by atoms with van der Waals surface area (Å²) >= 11 is 0. The number of aryl methyl sites for hydroxylation is 1. The van der Waals surface area contributed by atoms with Gasteiger partial charge in [0, 0.05) is 25.2 Å². The van der Waals surface area contributed by atoms with Gasteiger partial charge in [0.2, 0.25) is 10.0 Å². The second-order valence-corrected chi connectivity index (χ2v) is 6.86. The molecule has 1 aliphatic heterocycles. The molecule has 2 heterocycles. The zero-order valence-electron chi connectivity index (χ0n) is 12.0. The minimum atomic E-state index is -3.52. The predicted octanol–water partition coefficient (Wildman–Crippen LogP) is 1.52. The highest BCUT2D eigenvalue weighted by Gasteiger charge is 2.32. The van der Waals surface area contributed by atoms with E-state index in [1.54, 1.807) is 35.1 Å². The first-order valence-electron chi connectivity index (χ1n) is 6.75. The molecule has 0 bridgehead atoms. The van der Waals surface area contributed by atoms with Crippen LogP contribution in [0, 0.1) is 0 Å². The maximum atomic E-state index is 12.7. The first-order chi connectivity index (χ1) is 10.0. The van der Waals surface area contributed by atoms with Gasteiger partial charge in [-0.15, -0.1) is 0 Å². The lowest BCUT2D eigenvalue weighted by atomic mass is 10.3. The van der Waals surface area contributed by atoms with Crippen LogP contribution in [-0.2, 0) is 30.2 Å². The van der Waals surface area contributed by atoms with Crippen LogP contribution in [0.15, 0.2) is 35.4 Å². The summed E-state index contributed by atoms with van der Waals surface area (Å²) < 4.78 is 34.0. The molecule has 0 amide bonds. The Labute approximate surface area is 124 Å². The third-order valence-corrected chi connectivity index (χ3v) is 5.36. The van der Waals surface area contributed by atoms with E-state index < -0.39 is 10.0 Å². The summed E-state index contributed by atoms with van der Waals surface area (Å²) in [7, 11) is -1.70. The topological polar surface area (TPSA) is 64.4 Å². The van der Waals surface area contributed by atoms with Gasteiger partial charge >= 0.3 is 0 Å². The Morgan fingerprint density at radius 3 is 2.86 bits per heavy atom. The van der Waals surface area contributed by atoms with E-state index in [2.05, 4.69) is 5.10 Å². The molecule has 21 heavy (non-hydrogen) atoms. The van der Waals surface area contributed by atoms with Crippen LogP contribution in [0.5, 0.6) is 5.75 Å². The zero-order chi connectivity index (χ0) is 15.0. The van der Waals surface area contributed by atoms with Crippen molar-refractivity contribution in [3.05, 3.63) is 41.7 Å². The second kappa shape index (κ2) is 5.16. The minimum Gasteiger partial charge on any atom is -0.494 e. The molecule has 0 saturated heterocycles. The van der Waals surface area contributed by atoms with Crippen molar-refractivity contribution in [2.24, 2.45) is 7.05 Å². The fourth-order valence-corrected chi connectivity index (χ4v) is 3.88. The Morgan fingerprint density at radius 2 is 2.14 bits per heavy atom. The van der Waals surface area contributed by atoms with Crippen molar-refractivity contribution < 1.29 is 13.2 Å². The Kier molecular flexibility index (Phi) is 3.46. The van der Waals surface area contributed by atoms with Gasteiger partial charge in [0.25, 0.3) is 0 Å². The van der Waals surface area contributed by atoms with Crippen LogP contribution in [0.1, 0.15) is 18.2 Å². The highest BCUT2D eigenvalue weighted by atomic mass is 32.2. The van der Waals surface area contributed by atoms with Gasteiger partial charge < -0.3 is 4.74 Å². The molecule has 7 heteroatoms. The Morgan fingerprint density at radius 1 is 1.33 bits per heavy atom. The molecule has 0 fully saturated rings. The third kappa shape index (κ3) is 2.43. The Hall–Kier alpha value is -1.86. The summed E-state index contributed by atoms with van der Waals surface area (Å²) in [5.41, 5.74) is 1.90. The number of nitrogens with zero attached hydrogens (tertiary/aromatic N) is 3. The summed E-state index contributed by atoms with van der Waals surface area (Å²) in [4.78, 5) is 0.259. The number of rotatable bonds is 4. The number of sulfonamides is 1. The van der Waals surface area contributed by atoms with Gasteiger partial charge in [-0.2, -0.15) is 9.40 Å². The van der Waals surface area contributed by atoms with Gasteiger partial charge in [0.05, 0.1) is 29.9 Å². The number of benzene rings is 1. The maximum Gasteiger partial charge on any atom is 0.243 e. The highest BCUT2D eigenvalue weighted by Crippen LogP contribution is 2.29. The average Bonchev–Trinajstić information content (AvgIpc) is 3.03. The number of hydrogen-bond acceptors (Lipinski definition) is 4. The molecule has 1 aromatic carbocycles. The fourth-order valence-electron chi connectivity index (χ4n) is 2.47. The number of aromatic nitrogens is 2. The van der Waals surface area contributed by atoms with Gasteiger partial charge in [-0.05, 0) is 19.1 Å². The molecule has 0 N–H and O–H groups in total. The Bertz CT molecular complexity index is 768. The van der Waals surface area contributed by atoms with E-state index in [0.29, 0.717) is 25.4 Å². The second-order valence-electron chi connectivity index (χ2n) is 4.92. The van der Waals surface area contributed by atoms with Crippen molar-refractivity contribution in [2.45, 2.75) is 24.9 Å². The summed E-state index contributed by atoms with van der Waals surface area (Å²) in [6, 6.07) is 6.62. The smallest absolute Gasteiger partial charge is 0.243 e. The van der Waals surface area contributed by atoms with E-state index in [-0.39, 0.29) is 4.90 Å². The van der Waals surface area contributed by atoms with E-state index >= 15 is 0 Å². The molecule has 2 aromatic rings. The van der Waals surface area contributed by atoms with Crippen molar-refractivity contribution in [1.29, 1.82) is 0 Å². The number of hydrogen-bond donors (Lipinski definition) is 0. The minimum absolute atomic E-state index is 0.259. The van der Waals surface area contributed by atoms with Crippen molar-refractivity contribution in [2.75, 3.05) is 6.61 Å². The quantitative estimate of drug-likeness (QED) is 0.859. The normalized spacial score (nSPS) is 15.1. The van der Waals surface area contributed by atoms with Crippen LogP contribution in [0.4, 0.5) is 0 Å². The van der Waals surface area contributed by atoms with E-state index in [0.717, 1.165) is 11.3 Å². The van der Waals surface area contributed by atoms with E-state index in [1.807, 2.05) is 14.0 Å². The molecule has 0 saturated carbocycles. The lowest BCUT2D eigenvalue weighted by molar-refractivity contribution is 0.339. The Balaban J connectivity index is 1.90. The molecule has 1 aliphatic rings. The van der Waals surface area contributed by atoms with Gasteiger partial charge in [0.1, 0.15) is 5.75 Å². The fraction of sp³-hybridized carbons (Fsp3) is 0.357. The standard InChI is InChI=1S/C14H17N3O3S/c1-3-20-12-5-4-6-13(7-12)21(18,19)17-9-11-8-15-16(2)14(11)10-17/h4-8H,3,9-10H2,1-2H3. The molecule has 0 unspecified atom stereocenters. The molecule has 6 nitrogen and oxygen atoms in total. The molecule has 112 valence electrons. The van der Waals surface area contributed by atoms with Crippen LogP contribution in [0.25, 0.3) is 0 Å². The molecule has 0 radical (unpaired) electrons. The van der Waals surface area contributed by atoms with E-state index in [1.165, 1.54) is 4.31 Å². The van der Waals surface area contributed by atoms with Gasteiger partial charge in [0.15, 0.2) is 0 Å². The summed E-state index contributed by atoms with van der Waals surface area (Å²) in [6.07, 6.45) is 1.72. The highest BCUT2D eigenvalue weighted by molar-refractivity contribution is 7.89. The third-order valence-electron chi connectivity index (χ3n) is 3.58. The maximum absolute atomic E-state index is 12.7. The van der Waals surface area contributed by atoms with Crippen molar-refractivity contribution in [3.63, 3.8) is 0 Å². The van der Waals surface area contributed by atoms with E-state index in [9.17, 15) is 8.42 Å². The first kappa shape index (κ1) is 14.1. The SMILES string of the molecule is CCOc1cccc(S(=O)(=O)N2Cc3cnn(C)c3C2)c1. The van der Waals surface area contributed by atoms with Crippen molar-refractivity contribution in [1.82, 2.24) is 14.1 Å². The molecular weight excluding hydrogens is 290 g/mol. The molecule has 0 atom stereocenters. The first-order valence-corrected chi connectivity index (χ1v) is 8.19. The summed E-state index contributed by atoms with van der Waals surface area (Å²) in [5.74, 6) is 0.567. The van der Waals surface area contributed by atoms with Crippen LogP contribution < -0.4 is 4.74 Å². The van der Waals surface area contributed by atoms with Crippen molar-refractivity contribution >= 4 is 10.0 Å². The molecule has 0 aliphatic carbocycles. The van der Waals surface area contributed by atoms with E-state index in [4.69, 9.17) is 4.74 Å². The van der Waals surface area contributed by atoms with Crippen LogP contribution >= 0.6 is 0 Å². The molecule has 0 spiro atoms. The lowest BCUT2D eigenvalue weighted by Crippen LogP contribution is -2.26. The lowest BCUT2D eigenvalue weighted by Gasteiger charge is -2.16. The largest absolute Gasteiger partial charge is 0.494 e. The molecule has 1 aromatic heterocycles. The van der Waals surface area contributed by atoms with Gasteiger partial charge in [-0.25, -0.2) is 8.42 Å². The van der Waals surface area contributed by atoms with Gasteiger partial charge in [-0.3, -0.25) is 4.68 Å². The van der Waals surface area contributed by atoms with Gasteiger partial charge in [-0.1, -0.05) is 6.07 Å². The van der Waals surface area contributed by atoms with Crippen LogP contribution in [-0.4, -0.2) is 29.1 Å². The summed E-state index contributed by atoms with van der Waals surface area (Å²) in [5, 5.41) is 4.14. The summed E-state index contributed by atoms with van der Waals surface area (Å²) in [6.45, 7) is 3.09. The number of fused-ring (bicyclic) bond motifs is 1. The zero-order valence-corrected chi connectivity index (χ0v) is 12.8. The van der Waals surface area contributed by atoms with Crippen LogP contribution in [0.3, 0.4) is 0 Å². The van der Waals surface area contributed by atoms with Crippen LogP contribution in [0.2, 0.25) is 0 Å². The monoisotopic (exact) mass is 307 g/mol. The average molecular weight is 307 g/mol. The molecular formula is C14H17N3O3S.